The molecule has 0 saturated carbocycles. The van der Waals surface area contributed by atoms with Crippen molar-refractivity contribution in [1.29, 1.82) is 0 Å². The van der Waals surface area contributed by atoms with E-state index >= 15 is 0 Å². The molecular weight excluding hydrogens is 410 g/mol. The fourth-order valence-electron chi connectivity index (χ4n) is 3.10. The first-order valence-electron chi connectivity index (χ1n) is 8.28. The molecule has 1 saturated heterocycles. The molecule has 4 rings (SSSR count). The van der Waals surface area contributed by atoms with E-state index in [2.05, 4.69) is 20.3 Å². The van der Waals surface area contributed by atoms with Crippen LogP contribution in [0.5, 0.6) is 0 Å². The molecule has 14 heteroatoms. The Bertz CT molecular complexity index is 1260. The van der Waals surface area contributed by atoms with Crippen LogP contribution < -0.4 is 15.3 Å². The summed E-state index contributed by atoms with van der Waals surface area (Å²) < 4.78 is 40.5. The van der Waals surface area contributed by atoms with E-state index in [0.29, 0.717) is 0 Å². The number of nitrogens with zero attached hydrogens (tertiary/aromatic N) is 3. The molecule has 1 aliphatic heterocycles. The van der Waals surface area contributed by atoms with E-state index < -0.39 is 51.7 Å². The molecule has 0 bridgehead atoms. The summed E-state index contributed by atoms with van der Waals surface area (Å²) >= 11 is 0. The van der Waals surface area contributed by atoms with E-state index in [1.54, 1.807) is 0 Å². The molecule has 0 radical (unpaired) electrons. The van der Waals surface area contributed by atoms with Crippen molar-refractivity contribution in [2.24, 2.45) is 0 Å². The number of aliphatic hydroxyl groups is 3. The highest BCUT2D eigenvalue weighted by Crippen LogP contribution is 2.24. The van der Waals surface area contributed by atoms with Crippen LogP contribution in [0.1, 0.15) is 0 Å². The molecule has 0 aromatic carbocycles. The van der Waals surface area contributed by atoms with Crippen molar-refractivity contribution in [2.45, 2.75) is 29.4 Å². The Balaban J connectivity index is 1.86. The molecule has 3 aromatic heterocycles. The van der Waals surface area contributed by atoms with Gasteiger partial charge in [0.1, 0.15) is 34.6 Å². The second-order valence-electron chi connectivity index (χ2n) is 6.35. The van der Waals surface area contributed by atoms with Gasteiger partial charge in [0.05, 0.1) is 11.5 Å². The van der Waals surface area contributed by atoms with E-state index in [1.807, 2.05) is 0 Å². The highest BCUT2D eigenvalue weighted by Gasteiger charge is 2.42. The topological polar surface area (TPSA) is 202 Å². The fourth-order valence-corrected chi connectivity index (χ4v) is 3.57. The number of hydrogen-bond acceptors (Lipinski definition) is 11. The summed E-state index contributed by atoms with van der Waals surface area (Å²) in [6, 6.07) is 2.18. The third-order valence-corrected chi connectivity index (χ3v) is 5.38. The standard InChI is InChI=1S/C15H15N5O8S/c21-4-8-10(22)11(23)15(28-8)19-12-9-13(17-5-16-12)20-3-6(29(25,26)27)1-2-7(20)14(24)18-9/h1-3,5,8,10-11,15,21-23H,4H2,(H2,24,25,26,27)/t8-,10-,11-,15?/m1/s1. The zero-order chi connectivity index (χ0) is 20.9. The maximum absolute atomic E-state index is 12.4. The van der Waals surface area contributed by atoms with Crippen molar-refractivity contribution in [3.8, 4) is 0 Å². The van der Waals surface area contributed by atoms with Crippen LogP contribution in [0.2, 0.25) is 0 Å². The second-order valence-corrected chi connectivity index (χ2v) is 7.73. The van der Waals surface area contributed by atoms with E-state index in [-0.39, 0.29) is 22.5 Å². The van der Waals surface area contributed by atoms with Crippen LogP contribution in [0.25, 0.3) is 16.7 Å². The molecule has 5 N–H and O–H groups in total. The molecule has 154 valence electrons. The minimum absolute atomic E-state index is 0.00623. The van der Waals surface area contributed by atoms with Gasteiger partial charge in [-0.1, -0.05) is 0 Å². The van der Waals surface area contributed by atoms with Gasteiger partial charge in [-0.2, -0.15) is 9.38 Å². The number of nitrogens with one attached hydrogen (secondary N) is 2. The maximum Gasteiger partial charge on any atom is 0.357 e. The van der Waals surface area contributed by atoms with Gasteiger partial charge in [-0.25, -0.2) is 8.42 Å². The normalized spacial score (nSPS) is 25.0. The smallest absolute Gasteiger partial charge is 0.357 e. The van der Waals surface area contributed by atoms with Crippen molar-refractivity contribution >= 4 is 32.6 Å². The lowest BCUT2D eigenvalue weighted by Gasteiger charge is -2.17. The van der Waals surface area contributed by atoms with Crippen LogP contribution in [0.4, 0.5) is 5.82 Å². The predicted molar refractivity (Wildman–Crippen MR) is 92.7 cm³/mol. The largest absolute Gasteiger partial charge is 0.744 e. The van der Waals surface area contributed by atoms with Crippen molar-refractivity contribution < 1.29 is 37.4 Å². The van der Waals surface area contributed by atoms with E-state index in [4.69, 9.17) is 4.74 Å². The summed E-state index contributed by atoms with van der Waals surface area (Å²) in [7, 11) is -4.77. The SMILES string of the molecule is O=c1[nH]c2c(NC3O[C@H](CO)[C@@H](O)[C@H]3O)ncnc2[n+]2cc(S(=O)(=O)[O-])ccc12. The quantitative estimate of drug-likeness (QED) is 0.160. The highest BCUT2D eigenvalue weighted by molar-refractivity contribution is 7.85. The number of rotatable bonds is 4. The average Bonchev–Trinajstić information content (AvgIpc) is 2.95. The summed E-state index contributed by atoms with van der Waals surface area (Å²) in [5.74, 6) is 0.00623. The van der Waals surface area contributed by atoms with Gasteiger partial charge in [-0.05, 0) is 17.1 Å². The van der Waals surface area contributed by atoms with Gasteiger partial charge < -0.3 is 34.9 Å². The van der Waals surface area contributed by atoms with Gasteiger partial charge in [-0.15, -0.1) is 0 Å². The molecular formula is C15H15N5O8S. The first kappa shape index (κ1) is 19.6. The van der Waals surface area contributed by atoms with Crippen molar-refractivity contribution in [3.63, 3.8) is 0 Å². The molecule has 3 aromatic rings. The molecule has 29 heavy (non-hydrogen) atoms. The number of fused-ring (bicyclic) bond motifs is 3. The van der Waals surface area contributed by atoms with Gasteiger partial charge in [0, 0.05) is 0 Å². The molecule has 4 heterocycles. The first-order chi connectivity index (χ1) is 13.7. The summed E-state index contributed by atoms with van der Waals surface area (Å²) in [5.41, 5.74) is -0.489. The number of ether oxygens (including phenoxy) is 1. The second kappa shape index (κ2) is 6.94. The number of pyridine rings is 1. The van der Waals surface area contributed by atoms with Gasteiger partial charge >= 0.3 is 5.65 Å². The van der Waals surface area contributed by atoms with Crippen LogP contribution in [0, 0.1) is 0 Å². The maximum atomic E-state index is 12.4. The summed E-state index contributed by atoms with van der Waals surface area (Å²) in [6.07, 6.45) is -2.83. The Morgan fingerprint density at radius 1 is 1.28 bits per heavy atom. The number of H-pyrrole nitrogens is 1. The zero-order valence-corrected chi connectivity index (χ0v) is 15.3. The Morgan fingerprint density at radius 2 is 2.03 bits per heavy atom. The van der Waals surface area contributed by atoms with Crippen molar-refractivity contribution in [2.75, 3.05) is 11.9 Å². The number of aromatic nitrogens is 4. The van der Waals surface area contributed by atoms with Crippen LogP contribution in [0.3, 0.4) is 0 Å². The summed E-state index contributed by atoms with van der Waals surface area (Å²) in [4.78, 5) is 22.4. The number of aliphatic hydroxyl groups excluding tert-OH is 3. The molecule has 0 aliphatic carbocycles. The molecule has 13 nitrogen and oxygen atoms in total. The molecule has 1 fully saturated rings. The molecule has 1 unspecified atom stereocenters. The van der Waals surface area contributed by atoms with Gasteiger partial charge in [0.2, 0.25) is 6.33 Å². The van der Waals surface area contributed by atoms with E-state index in [1.165, 1.54) is 6.07 Å². The molecule has 4 atom stereocenters. The van der Waals surface area contributed by atoms with E-state index in [9.17, 15) is 33.1 Å². The Hall–Kier alpha value is -2.75. The Morgan fingerprint density at radius 3 is 2.69 bits per heavy atom. The molecule has 0 spiro atoms. The summed E-state index contributed by atoms with van der Waals surface area (Å²) in [5, 5.41) is 31.8. The fraction of sp³-hybridized carbons (Fsp3) is 0.333. The minimum atomic E-state index is -4.77. The van der Waals surface area contributed by atoms with E-state index in [0.717, 1.165) is 23.0 Å². The monoisotopic (exact) mass is 425 g/mol. The lowest BCUT2D eigenvalue weighted by atomic mass is 10.1. The third kappa shape index (κ3) is 3.31. The summed E-state index contributed by atoms with van der Waals surface area (Å²) in [6.45, 7) is -0.523. The van der Waals surface area contributed by atoms with Gasteiger partial charge in [0.15, 0.2) is 23.1 Å². The number of hydrogen-bond donors (Lipinski definition) is 5. The lowest BCUT2D eigenvalue weighted by Crippen LogP contribution is -2.37. The van der Waals surface area contributed by atoms with Crippen LogP contribution in [-0.4, -0.2) is 74.4 Å². The van der Waals surface area contributed by atoms with Crippen LogP contribution in [0.15, 0.2) is 34.3 Å². The third-order valence-electron chi connectivity index (χ3n) is 4.56. The molecule has 1 aliphatic rings. The predicted octanol–water partition coefficient (Wildman–Crippen LogP) is -3.19. The Labute approximate surface area is 162 Å². The average molecular weight is 425 g/mol. The van der Waals surface area contributed by atoms with Crippen molar-refractivity contribution in [3.05, 3.63) is 35.0 Å². The molecule has 0 amide bonds. The van der Waals surface area contributed by atoms with Crippen LogP contribution in [-0.2, 0) is 14.9 Å². The van der Waals surface area contributed by atoms with Crippen molar-refractivity contribution in [1.82, 2.24) is 15.0 Å². The number of aromatic amines is 1. The number of anilines is 1. The zero-order valence-electron chi connectivity index (χ0n) is 14.5. The minimum Gasteiger partial charge on any atom is -0.744 e. The first-order valence-corrected chi connectivity index (χ1v) is 9.69. The Kier molecular flexibility index (Phi) is 4.68. The van der Waals surface area contributed by atoms with Gasteiger partial charge in [0.25, 0.3) is 5.56 Å². The lowest BCUT2D eigenvalue weighted by molar-refractivity contribution is -0.487. The highest BCUT2D eigenvalue weighted by atomic mass is 32.2. The van der Waals surface area contributed by atoms with Gasteiger partial charge in [-0.3, -0.25) is 4.79 Å². The van der Waals surface area contributed by atoms with Crippen LogP contribution >= 0.6 is 0 Å².